The first-order chi connectivity index (χ1) is 5.68. The molecule has 0 spiro atoms. The van der Waals surface area contributed by atoms with Crippen molar-refractivity contribution >= 4 is 5.96 Å². The summed E-state index contributed by atoms with van der Waals surface area (Å²) in [7, 11) is 4.14. The Hall–Kier alpha value is -0.770. The van der Waals surface area contributed by atoms with Crippen molar-refractivity contribution in [2.24, 2.45) is 4.99 Å². The third-order valence-electron chi connectivity index (χ3n) is 1.70. The normalized spacial score (nSPS) is 18.8. The van der Waals surface area contributed by atoms with Crippen molar-refractivity contribution in [3.63, 3.8) is 0 Å². The van der Waals surface area contributed by atoms with Crippen molar-refractivity contribution in [1.29, 1.82) is 0 Å². The Balaban J connectivity index is 2.21. The molecule has 2 N–H and O–H groups in total. The maximum absolute atomic E-state index is 4.26. The highest BCUT2D eigenvalue weighted by Gasteiger charge is 2.08. The van der Waals surface area contributed by atoms with Crippen LogP contribution in [-0.4, -0.2) is 50.6 Å². The van der Waals surface area contributed by atoms with Crippen molar-refractivity contribution in [3.05, 3.63) is 0 Å². The van der Waals surface area contributed by atoms with Gasteiger partial charge in [0.05, 0.1) is 6.54 Å². The fraction of sp³-hybridized carbons (Fsp3) is 0.875. The van der Waals surface area contributed by atoms with E-state index in [9.17, 15) is 0 Å². The van der Waals surface area contributed by atoms with Gasteiger partial charge in [0.25, 0.3) is 0 Å². The SMILES string of the molecule is CC(CN(C)C)NC1=NCCN1. The lowest BCUT2D eigenvalue weighted by molar-refractivity contribution is 0.369. The Kier molecular flexibility index (Phi) is 3.34. The number of hydrogen-bond donors (Lipinski definition) is 2. The highest BCUT2D eigenvalue weighted by molar-refractivity contribution is 5.81. The van der Waals surface area contributed by atoms with Gasteiger partial charge in [-0.1, -0.05) is 0 Å². The number of hydrogen-bond acceptors (Lipinski definition) is 4. The molecule has 0 saturated heterocycles. The van der Waals surface area contributed by atoms with Crippen LogP contribution in [0.15, 0.2) is 4.99 Å². The van der Waals surface area contributed by atoms with Gasteiger partial charge in [-0.2, -0.15) is 0 Å². The van der Waals surface area contributed by atoms with E-state index < -0.39 is 0 Å². The standard InChI is InChI=1S/C8H18N4/c1-7(6-12(2)3)11-8-9-4-5-10-8/h7H,4-6H2,1-3H3,(H2,9,10,11). The van der Waals surface area contributed by atoms with Crippen LogP contribution in [0.5, 0.6) is 0 Å². The Morgan fingerprint density at radius 2 is 2.42 bits per heavy atom. The lowest BCUT2D eigenvalue weighted by Crippen LogP contribution is -2.44. The molecule has 0 saturated carbocycles. The predicted molar refractivity (Wildman–Crippen MR) is 51.5 cm³/mol. The second-order valence-electron chi connectivity index (χ2n) is 3.46. The van der Waals surface area contributed by atoms with E-state index in [4.69, 9.17) is 0 Å². The topological polar surface area (TPSA) is 39.7 Å². The summed E-state index contributed by atoms with van der Waals surface area (Å²) in [5, 5.41) is 6.49. The van der Waals surface area contributed by atoms with Crippen molar-refractivity contribution in [2.75, 3.05) is 33.7 Å². The van der Waals surface area contributed by atoms with Gasteiger partial charge in [0.15, 0.2) is 5.96 Å². The van der Waals surface area contributed by atoms with E-state index in [0.29, 0.717) is 6.04 Å². The van der Waals surface area contributed by atoms with Gasteiger partial charge in [0.1, 0.15) is 0 Å². The van der Waals surface area contributed by atoms with Crippen LogP contribution in [0.4, 0.5) is 0 Å². The first-order valence-electron chi connectivity index (χ1n) is 4.38. The first-order valence-corrected chi connectivity index (χ1v) is 4.38. The lowest BCUT2D eigenvalue weighted by Gasteiger charge is -2.18. The quantitative estimate of drug-likeness (QED) is 0.599. The molecule has 0 bridgehead atoms. The zero-order chi connectivity index (χ0) is 8.97. The van der Waals surface area contributed by atoms with Crippen molar-refractivity contribution in [3.8, 4) is 0 Å². The number of nitrogens with one attached hydrogen (secondary N) is 2. The third-order valence-corrected chi connectivity index (χ3v) is 1.70. The lowest BCUT2D eigenvalue weighted by atomic mass is 10.3. The van der Waals surface area contributed by atoms with E-state index in [1.54, 1.807) is 0 Å². The monoisotopic (exact) mass is 170 g/mol. The first kappa shape index (κ1) is 9.32. The molecular formula is C8H18N4. The van der Waals surface area contributed by atoms with Crippen molar-refractivity contribution in [1.82, 2.24) is 15.5 Å². The van der Waals surface area contributed by atoms with Crippen LogP contribution < -0.4 is 10.6 Å². The van der Waals surface area contributed by atoms with Gasteiger partial charge in [0.2, 0.25) is 0 Å². The van der Waals surface area contributed by atoms with Crippen LogP contribution in [0, 0.1) is 0 Å². The second-order valence-corrected chi connectivity index (χ2v) is 3.46. The molecule has 0 aliphatic carbocycles. The maximum Gasteiger partial charge on any atom is 0.191 e. The Morgan fingerprint density at radius 1 is 1.67 bits per heavy atom. The van der Waals surface area contributed by atoms with Gasteiger partial charge < -0.3 is 15.5 Å². The number of rotatable bonds is 3. The van der Waals surface area contributed by atoms with E-state index in [2.05, 4.69) is 41.5 Å². The Labute approximate surface area is 74.0 Å². The fourth-order valence-electron chi connectivity index (χ4n) is 1.32. The average molecular weight is 170 g/mol. The van der Waals surface area contributed by atoms with Crippen LogP contribution in [0.1, 0.15) is 6.92 Å². The molecule has 1 heterocycles. The smallest absolute Gasteiger partial charge is 0.191 e. The van der Waals surface area contributed by atoms with Crippen LogP contribution in [0.2, 0.25) is 0 Å². The van der Waals surface area contributed by atoms with Crippen LogP contribution in [0.25, 0.3) is 0 Å². The summed E-state index contributed by atoms with van der Waals surface area (Å²) < 4.78 is 0. The number of aliphatic imine (C=N–C) groups is 1. The average Bonchev–Trinajstić information content (AvgIpc) is 2.37. The minimum Gasteiger partial charge on any atom is -0.355 e. The van der Waals surface area contributed by atoms with E-state index in [-0.39, 0.29) is 0 Å². The molecule has 0 aromatic heterocycles. The van der Waals surface area contributed by atoms with Gasteiger partial charge in [-0.05, 0) is 21.0 Å². The van der Waals surface area contributed by atoms with Crippen molar-refractivity contribution < 1.29 is 0 Å². The summed E-state index contributed by atoms with van der Waals surface area (Å²) in [6.07, 6.45) is 0. The number of likely N-dealkylation sites (N-methyl/N-ethyl adjacent to an activating group) is 1. The van der Waals surface area contributed by atoms with Crippen LogP contribution in [-0.2, 0) is 0 Å². The van der Waals surface area contributed by atoms with Gasteiger partial charge in [0, 0.05) is 19.1 Å². The zero-order valence-electron chi connectivity index (χ0n) is 8.09. The second kappa shape index (κ2) is 4.30. The molecular weight excluding hydrogens is 152 g/mol. The largest absolute Gasteiger partial charge is 0.355 e. The summed E-state index contributed by atoms with van der Waals surface area (Å²) in [6.45, 7) is 5.05. The predicted octanol–water partition coefficient (Wildman–Crippen LogP) is -0.515. The number of guanidine groups is 1. The molecule has 4 heteroatoms. The molecule has 1 rings (SSSR count). The van der Waals surface area contributed by atoms with E-state index in [1.807, 2.05) is 0 Å². The summed E-state index contributed by atoms with van der Waals surface area (Å²) in [5.41, 5.74) is 0. The Morgan fingerprint density at radius 3 is 2.92 bits per heavy atom. The van der Waals surface area contributed by atoms with E-state index in [1.165, 1.54) is 0 Å². The molecule has 0 amide bonds. The summed E-state index contributed by atoms with van der Waals surface area (Å²) >= 11 is 0. The molecule has 0 fully saturated rings. The molecule has 12 heavy (non-hydrogen) atoms. The zero-order valence-corrected chi connectivity index (χ0v) is 8.09. The molecule has 1 aliphatic heterocycles. The van der Waals surface area contributed by atoms with Crippen LogP contribution in [0.3, 0.4) is 0 Å². The van der Waals surface area contributed by atoms with E-state index >= 15 is 0 Å². The van der Waals surface area contributed by atoms with Gasteiger partial charge in [-0.15, -0.1) is 0 Å². The molecule has 1 unspecified atom stereocenters. The molecule has 0 aromatic carbocycles. The maximum atomic E-state index is 4.26. The molecule has 0 radical (unpaired) electrons. The van der Waals surface area contributed by atoms with Crippen molar-refractivity contribution in [2.45, 2.75) is 13.0 Å². The molecule has 0 aromatic rings. The van der Waals surface area contributed by atoms with Gasteiger partial charge >= 0.3 is 0 Å². The minimum absolute atomic E-state index is 0.448. The molecule has 1 atom stereocenters. The summed E-state index contributed by atoms with van der Waals surface area (Å²) in [5.74, 6) is 0.948. The fourth-order valence-corrected chi connectivity index (χ4v) is 1.32. The summed E-state index contributed by atoms with van der Waals surface area (Å²) in [4.78, 5) is 6.42. The third kappa shape index (κ3) is 3.09. The molecule has 70 valence electrons. The van der Waals surface area contributed by atoms with Gasteiger partial charge in [-0.3, -0.25) is 4.99 Å². The minimum atomic E-state index is 0.448. The molecule has 4 nitrogen and oxygen atoms in total. The Bertz CT molecular complexity index is 164. The highest BCUT2D eigenvalue weighted by Crippen LogP contribution is 1.87. The summed E-state index contributed by atoms with van der Waals surface area (Å²) in [6, 6.07) is 0.448. The highest BCUT2D eigenvalue weighted by atomic mass is 15.2. The van der Waals surface area contributed by atoms with Gasteiger partial charge in [-0.25, -0.2) is 0 Å². The van der Waals surface area contributed by atoms with Crippen LogP contribution >= 0.6 is 0 Å². The van der Waals surface area contributed by atoms with E-state index in [0.717, 1.165) is 25.6 Å². The molecule has 1 aliphatic rings. The number of nitrogens with zero attached hydrogens (tertiary/aromatic N) is 2.